The largest absolute Gasteiger partial charge is 0.489 e. The quantitative estimate of drug-likeness (QED) is 0.227. The maximum atomic E-state index is 15.6. The van der Waals surface area contributed by atoms with Crippen molar-refractivity contribution in [1.29, 1.82) is 5.26 Å². The highest BCUT2D eigenvalue weighted by Crippen LogP contribution is 2.59. The first-order valence-corrected chi connectivity index (χ1v) is 22.6. The van der Waals surface area contributed by atoms with Crippen molar-refractivity contribution in [3.63, 3.8) is 0 Å². The highest BCUT2D eigenvalue weighted by molar-refractivity contribution is 6.31. The van der Waals surface area contributed by atoms with Crippen LogP contribution in [0.1, 0.15) is 121 Å². The maximum absolute atomic E-state index is 15.6. The molecule has 10 rings (SSSR count). The number of fused-ring (bicyclic) bond motifs is 2. The van der Waals surface area contributed by atoms with E-state index < -0.39 is 35.5 Å². The van der Waals surface area contributed by atoms with Gasteiger partial charge in [-0.25, -0.2) is 9.37 Å². The first kappa shape index (κ1) is 42.1. The molecule has 0 radical (unpaired) electrons. The second-order valence-corrected chi connectivity index (χ2v) is 20.5. The van der Waals surface area contributed by atoms with E-state index >= 15 is 4.39 Å². The van der Waals surface area contributed by atoms with E-state index in [1.165, 1.54) is 6.07 Å². The van der Waals surface area contributed by atoms with Crippen LogP contribution < -0.4 is 15.0 Å². The summed E-state index contributed by atoms with van der Waals surface area (Å²) in [6, 6.07) is 12.7. The van der Waals surface area contributed by atoms with Crippen molar-refractivity contribution in [2.45, 2.75) is 103 Å². The smallest absolute Gasteiger partial charge is 0.262 e. The molecule has 0 bridgehead atoms. The Morgan fingerprint density at radius 3 is 2.28 bits per heavy atom. The van der Waals surface area contributed by atoms with Gasteiger partial charge in [-0.2, -0.15) is 5.26 Å². The summed E-state index contributed by atoms with van der Waals surface area (Å²) in [5, 5.41) is 11.8. The number of carbonyl (C=O) groups excluding carboxylic acids is 5. The van der Waals surface area contributed by atoms with Crippen LogP contribution in [-0.2, 0) is 16.1 Å². The molecule has 3 saturated heterocycles. The summed E-state index contributed by atoms with van der Waals surface area (Å²) in [6.07, 6.45) is 4.79. The highest BCUT2D eigenvalue weighted by atomic mass is 35.5. The molecule has 6 heterocycles. The molecule has 3 aromatic rings. The predicted octanol–water partition coefficient (Wildman–Crippen LogP) is 6.11. The topological polar surface area (TPSA) is 156 Å². The number of likely N-dealkylation sites (tertiary alicyclic amines) is 1. The third-order valence-corrected chi connectivity index (χ3v) is 15.5. The zero-order valence-electron chi connectivity index (χ0n) is 36.3. The Hall–Kier alpha value is -5.83. The normalized spacial score (nSPS) is 27.6. The van der Waals surface area contributed by atoms with E-state index in [-0.39, 0.29) is 64.2 Å². The first-order chi connectivity index (χ1) is 30.5. The minimum absolute atomic E-state index is 0.0173. The predicted molar refractivity (Wildman–Crippen MR) is 233 cm³/mol. The van der Waals surface area contributed by atoms with Gasteiger partial charge in [-0.05, 0) is 80.8 Å². The Morgan fingerprint density at radius 2 is 1.59 bits per heavy atom. The lowest BCUT2D eigenvalue weighted by molar-refractivity contribution is -0.199. The number of amides is 5. The van der Waals surface area contributed by atoms with Crippen molar-refractivity contribution in [2.24, 2.45) is 22.2 Å². The molecule has 64 heavy (non-hydrogen) atoms. The van der Waals surface area contributed by atoms with Crippen molar-refractivity contribution in [1.82, 2.24) is 25.0 Å². The fraction of sp³-hybridized carbons (Fsp3) is 0.490. The molecule has 330 valence electrons. The molecule has 1 N–H and O–H groups in total. The lowest BCUT2D eigenvalue weighted by Gasteiger charge is -2.65. The number of nitrogens with one attached hydrogen (secondary N) is 1. The molecule has 5 amide bonds. The van der Waals surface area contributed by atoms with Gasteiger partial charge in [0.2, 0.25) is 11.8 Å². The number of pyridine rings is 1. The number of hydrogen-bond acceptors (Lipinski definition) is 10. The molecule has 13 nitrogen and oxygen atoms in total. The number of halogens is 2. The van der Waals surface area contributed by atoms with Crippen molar-refractivity contribution < 1.29 is 33.1 Å². The molecule has 15 heteroatoms. The third kappa shape index (κ3) is 6.75. The summed E-state index contributed by atoms with van der Waals surface area (Å²) in [4.78, 5) is 76.8. The number of anilines is 1. The minimum Gasteiger partial charge on any atom is -0.489 e. The molecule has 5 fully saturated rings. The van der Waals surface area contributed by atoms with Crippen LogP contribution >= 0.6 is 11.6 Å². The van der Waals surface area contributed by atoms with E-state index in [0.29, 0.717) is 59.0 Å². The van der Waals surface area contributed by atoms with E-state index in [4.69, 9.17) is 21.3 Å². The second kappa shape index (κ2) is 15.1. The fourth-order valence-electron chi connectivity index (χ4n) is 12.4. The van der Waals surface area contributed by atoms with Gasteiger partial charge in [-0.15, -0.1) is 0 Å². The van der Waals surface area contributed by atoms with Crippen LogP contribution in [0.25, 0.3) is 0 Å². The molecular weight excluding hydrogens is 837 g/mol. The van der Waals surface area contributed by atoms with E-state index in [1.54, 1.807) is 18.2 Å². The number of carbonyl (C=O) groups is 5. The molecule has 1 atom stereocenters. The summed E-state index contributed by atoms with van der Waals surface area (Å²) >= 11 is 6.29. The summed E-state index contributed by atoms with van der Waals surface area (Å²) in [6.45, 7) is 12.0. The number of benzene rings is 2. The number of nitriles is 1. The summed E-state index contributed by atoms with van der Waals surface area (Å²) in [5.41, 5.74) is 2.00. The van der Waals surface area contributed by atoms with Crippen molar-refractivity contribution in [3.8, 4) is 23.7 Å². The van der Waals surface area contributed by atoms with E-state index in [1.807, 2.05) is 21.9 Å². The molecule has 2 aromatic carbocycles. The number of piperidine rings is 1. The van der Waals surface area contributed by atoms with Crippen LogP contribution in [0.5, 0.6) is 5.75 Å². The third-order valence-electron chi connectivity index (χ3n) is 15.2. The van der Waals surface area contributed by atoms with Gasteiger partial charge < -0.3 is 14.5 Å². The Morgan fingerprint density at radius 1 is 0.875 bits per heavy atom. The molecule has 2 saturated carbocycles. The number of nitrogens with zero attached hydrogens (tertiary/aromatic N) is 6. The Kier molecular flexibility index (Phi) is 9.96. The van der Waals surface area contributed by atoms with Crippen molar-refractivity contribution in [2.75, 3.05) is 31.1 Å². The van der Waals surface area contributed by atoms with E-state index in [2.05, 4.69) is 55.8 Å². The lowest BCUT2D eigenvalue weighted by atomic mass is 9.49. The van der Waals surface area contributed by atoms with Crippen molar-refractivity contribution >= 4 is 46.8 Å². The van der Waals surface area contributed by atoms with Gasteiger partial charge in [0.1, 0.15) is 35.5 Å². The zero-order valence-corrected chi connectivity index (χ0v) is 37.1. The van der Waals surface area contributed by atoms with Gasteiger partial charge in [0.15, 0.2) is 0 Å². The first-order valence-electron chi connectivity index (χ1n) is 22.2. The van der Waals surface area contributed by atoms with Crippen LogP contribution in [0.3, 0.4) is 0 Å². The molecule has 1 aromatic heterocycles. The van der Waals surface area contributed by atoms with Gasteiger partial charge >= 0.3 is 0 Å². The van der Waals surface area contributed by atoms with Crippen LogP contribution in [0.15, 0.2) is 42.5 Å². The average Bonchev–Trinajstić information content (AvgIpc) is 3.90. The molecule has 2 aliphatic carbocycles. The van der Waals surface area contributed by atoms with Crippen LogP contribution in [0.2, 0.25) is 5.02 Å². The zero-order chi connectivity index (χ0) is 45.0. The van der Waals surface area contributed by atoms with Crippen LogP contribution in [0, 0.1) is 51.2 Å². The number of rotatable bonds is 6. The standard InChI is InChI=1S/C49H49ClFN7O6/c1-47(2)45(48(3,4)46(47)64-31-13-8-28(22-52)35(50)19-31)57-23-37-32(42(57)61)14-10-29(53-37)9-5-27-6-11-30(12-7-27)56-25-49(26-56)17-18-55(24-49)39-21-34-33(20-36(39)51)43(62)58(44(34)63)38-15-16-40(59)54-41(38)60/h8,10,13-14,19-21,27,30,38,45-46H,6-7,11-12,15-18,23-26H2,1-4H3,(H,54,59,60)/t27?,30?,38?,45-,46-. The number of aromatic nitrogens is 1. The van der Waals surface area contributed by atoms with Gasteiger partial charge in [0.25, 0.3) is 17.7 Å². The minimum atomic E-state index is -1.10. The highest BCUT2D eigenvalue weighted by Gasteiger charge is 2.67. The van der Waals surface area contributed by atoms with Gasteiger partial charge in [-0.3, -0.25) is 39.1 Å². The maximum Gasteiger partial charge on any atom is 0.262 e. The van der Waals surface area contributed by atoms with Crippen molar-refractivity contribution in [3.05, 3.63) is 86.9 Å². The molecule has 7 aliphatic rings. The molecular formula is C49H49ClFN7O6. The Labute approximate surface area is 376 Å². The summed E-state index contributed by atoms with van der Waals surface area (Å²) < 4.78 is 22.1. The number of ether oxygens (including phenoxy) is 1. The Bertz CT molecular complexity index is 2650. The van der Waals surface area contributed by atoms with Gasteiger partial charge in [0, 0.05) is 72.9 Å². The summed E-state index contributed by atoms with van der Waals surface area (Å²) in [5.74, 6) is 4.55. The van der Waals surface area contributed by atoms with Crippen LogP contribution in [-0.4, -0.2) is 99.6 Å². The lowest BCUT2D eigenvalue weighted by Crippen LogP contribution is -2.74. The molecule has 5 aliphatic heterocycles. The summed E-state index contributed by atoms with van der Waals surface area (Å²) in [7, 11) is 0. The fourth-order valence-corrected chi connectivity index (χ4v) is 12.7. The molecule has 1 spiro atoms. The second-order valence-electron chi connectivity index (χ2n) is 20.1. The number of imide groups is 2. The SMILES string of the molecule is CC1(C)[C@H](Oc2ccc(C#N)c(Cl)c2)C(C)(C)[C@H]1N1Cc2nc(C#CC3CCC(N4CC5(CCN(c6cc7c(cc6F)C(=O)N(C6CCC(=O)NC6=O)C7=O)C5)C4)CC3)ccc2C1=O. The average molecular weight is 886 g/mol. The van der Waals surface area contributed by atoms with E-state index in [0.717, 1.165) is 61.9 Å². The van der Waals surface area contributed by atoms with E-state index in [9.17, 15) is 29.2 Å². The monoisotopic (exact) mass is 885 g/mol. The van der Waals surface area contributed by atoms with Crippen LogP contribution in [0.4, 0.5) is 10.1 Å². The number of hydrogen-bond donors (Lipinski definition) is 1. The van der Waals surface area contributed by atoms with Gasteiger partial charge in [-0.1, -0.05) is 45.2 Å². The van der Waals surface area contributed by atoms with Gasteiger partial charge in [0.05, 0.1) is 45.2 Å². The Balaban J connectivity index is 0.720. The molecule has 1 unspecified atom stereocenters.